The Morgan fingerprint density at radius 1 is 1.43 bits per heavy atom. The zero-order valence-electron chi connectivity index (χ0n) is 11.5. The normalized spacial score (nSPS) is 19.1. The largest absolute Gasteiger partial charge is 0.319 e. The third-order valence-corrected chi connectivity index (χ3v) is 5.88. The Hall–Kier alpha value is -1.20. The molecule has 1 aliphatic heterocycles. The summed E-state index contributed by atoms with van der Waals surface area (Å²) >= 11 is 5.64. The van der Waals surface area contributed by atoms with Gasteiger partial charge in [-0.1, -0.05) is 11.6 Å². The van der Waals surface area contributed by atoms with Crippen molar-refractivity contribution in [3.63, 3.8) is 0 Å². The van der Waals surface area contributed by atoms with Gasteiger partial charge in [-0.3, -0.25) is 0 Å². The highest BCUT2D eigenvalue weighted by atomic mass is 35.5. The summed E-state index contributed by atoms with van der Waals surface area (Å²) in [5, 5.41) is 8.68. The summed E-state index contributed by atoms with van der Waals surface area (Å²) in [6, 6.07) is 5.41. The molecule has 2 rings (SSSR count). The lowest BCUT2D eigenvalue weighted by molar-refractivity contribution is -0.918. The van der Waals surface area contributed by atoms with Crippen LogP contribution in [-0.4, -0.2) is 44.9 Å². The molecule has 1 aliphatic rings. The lowest BCUT2D eigenvalue weighted by Crippen LogP contribution is -3.17. The van der Waals surface area contributed by atoms with Gasteiger partial charge in [-0.05, 0) is 18.2 Å². The maximum absolute atomic E-state index is 13.1. The molecule has 1 fully saturated rings. The predicted molar refractivity (Wildman–Crippen MR) is 75.9 cm³/mol. The molecule has 1 aromatic carbocycles. The average Bonchev–Trinajstić information content (AvgIpc) is 2.49. The molecule has 1 N–H and O–H groups in total. The van der Waals surface area contributed by atoms with Crippen molar-refractivity contribution in [1.82, 2.24) is 4.31 Å². The first-order valence-corrected chi connectivity index (χ1v) is 8.37. The third-order valence-electron chi connectivity index (χ3n) is 3.70. The van der Waals surface area contributed by atoms with Gasteiger partial charge < -0.3 is 4.90 Å². The van der Waals surface area contributed by atoms with Crippen LogP contribution in [0.2, 0.25) is 5.02 Å². The fourth-order valence-electron chi connectivity index (χ4n) is 2.32. The number of rotatable bonds is 3. The van der Waals surface area contributed by atoms with E-state index >= 15 is 0 Å². The van der Waals surface area contributed by atoms with Crippen LogP contribution in [0.1, 0.15) is 6.92 Å². The highest BCUT2D eigenvalue weighted by Gasteiger charge is 2.32. The molecule has 0 unspecified atom stereocenters. The van der Waals surface area contributed by atoms with Gasteiger partial charge >= 0.3 is 0 Å². The zero-order valence-corrected chi connectivity index (χ0v) is 13.1. The lowest BCUT2D eigenvalue weighted by atomic mass is 10.2. The number of benzene rings is 1. The Labute approximate surface area is 128 Å². The minimum Gasteiger partial charge on any atom is -0.319 e. The van der Waals surface area contributed by atoms with Crippen LogP contribution in [0.4, 0.5) is 4.39 Å². The topological polar surface area (TPSA) is 65.6 Å². The number of sulfonamides is 1. The second-order valence-electron chi connectivity index (χ2n) is 4.99. The average molecular weight is 333 g/mol. The van der Waals surface area contributed by atoms with Gasteiger partial charge in [0.1, 0.15) is 11.9 Å². The van der Waals surface area contributed by atoms with Crippen molar-refractivity contribution in [2.75, 3.05) is 26.2 Å². The molecule has 1 atom stereocenters. The number of nitrogens with one attached hydrogen (secondary N) is 1. The van der Waals surface area contributed by atoms with E-state index in [4.69, 9.17) is 16.9 Å². The molecular formula is C13H16ClFN3O2S+. The quantitative estimate of drug-likeness (QED) is 0.864. The second kappa shape index (κ2) is 6.28. The molecule has 0 amide bonds. The minimum absolute atomic E-state index is 0.00863. The molecule has 0 saturated carbocycles. The fourth-order valence-corrected chi connectivity index (χ4v) is 4.04. The maximum Gasteiger partial charge on any atom is 0.243 e. The van der Waals surface area contributed by atoms with E-state index in [9.17, 15) is 12.8 Å². The van der Waals surface area contributed by atoms with Crippen LogP contribution in [-0.2, 0) is 10.0 Å². The van der Waals surface area contributed by atoms with E-state index in [2.05, 4.69) is 6.07 Å². The highest BCUT2D eigenvalue weighted by molar-refractivity contribution is 7.89. The molecule has 5 nitrogen and oxygen atoms in total. The Morgan fingerprint density at radius 3 is 2.57 bits per heavy atom. The summed E-state index contributed by atoms with van der Waals surface area (Å²) in [7, 11) is -3.67. The molecule has 0 aromatic heterocycles. The number of nitriles is 1. The Morgan fingerprint density at radius 2 is 2.05 bits per heavy atom. The third kappa shape index (κ3) is 3.35. The number of halogens is 2. The van der Waals surface area contributed by atoms with Crippen LogP contribution in [0, 0.1) is 17.1 Å². The van der Waals surface area contributed by atoms with Gasteiger partial charge in [0.25, 0.3) is 0 Å². The van der Waals surface area contributed by atoms with Crippen molar-refractivity contribution < 1.29 is 17.7 Å². The maximum atomic E-state index is 13.1. The van der Waals surface area contributed by atoms with Crippen molar-refractivity contribution in [2.24, 2.45) is 0 Å². The molecular weight excluding hydrogens is 317 g/mol. The Balaban J connectivity index is 2.15. The van der Waals surface area contributed by atoms with E-state index < -0.39 is 15.8 Å². The van der Waals surface area contributed by atoms with Gasteiger partial charge in [0, 0.05) is 6.92 Å². The van der Waals surface area contributed by atoms with Gasteiger partial charge in [0.2, 0.25) is 10.0 Å². The number of hydrogen-bond acceptors (Lipinski definition) is 3. The van der Waals surface area contributed by atoms with Crippen LogP contribution in [0.25, 0.3) is 0 Å². The zero-order chi connectivity index (χ0) is 15.6. The summed E-state index contributed by atoms with van der Waals surface area (Å²) in [5.41, 5.74) is 0. The van der Waals surface area contributed by atoms with E-state index in [1.165, 1.54) is 10.4 Å². The SMILES string of the molecule is C[C@@H](C#N)[NH+]1CCN(S(=O)(=O)c2ccc(F)c(Cl)c2)CC1. The second-order valence-corrected chi connectivity index (χ2v) is 7.33. The molecule has 0 bridgehead atoms. The van der Waals surface area contributed by atoms with Crippen molar-refractivity contribution in [2.45, 2.75) is 17.9 Å². The van der Waals surface area contributed by atoms with Crippen LogP contribution >= 0.6 is 11.6 Å². The summed E-state index contributed by atoms with van der Waals surface area (Å²) in [6.07, 6.45) is 0. The van der Waals surface area contributed by atoms with E-state index in [1.807, 2.05) is 6.92 Å². The lowest BCUT2D eigenvalue weighted by Gasteiger charge is -2.32. The highest BCUT2D eigenvalue weighted by Crippen LogP contribution is 2.22. The molecule has 0 aliphatic carbocycles. The first kappa shape index (κ1) is 16.2. The summed E-state index contributed by atoms with van der Waals surface area (Å²) in [6.45, 7) is 3.63. The van der Waals surface area contributed by atoms with E-state index in [-0.39, 0.29) is 16.0 Å². The van der Waals surface area contributed by atoms with Crippen molar-refractivity contribution in [1.29, 1.82) is 5.26 Å². The Bertz CT molecular complexity index is 666. The Kier molecular flexibility index (Phi) is 4.84. The molecule has 21 heavy (non-hydrogen) atoms. The molecule has 1 heterocycles. The van der Waals surface area contributed by atoms with E-state index in [0.29, 0.717) is 26.2 Å². The molecule has 8 heteroatoms. The van der Waals surface area contributed by atoms with Crippen molar-refractivity contribution >= 4 is 21.6 Å². The van der Waals surface area contributed by atoms with Gasteiger partial charge in [0.05, 0.1) is 36.1 Å². The van der Waals surface area contributed by atoms with E-state index in [1.54, 1.807) is 0 Å². The molecule has 0 radical (unpaired) electrons. The van der Waals surface area contributed by atoms with Gasteiger partial charge in [-0.15, -0.1) is 0 Å². The number of quaternary nitrogens is 1. The van der Waals surface area contributed by atoms with Crippen LogP contribution in [0.5, 0.6) is 0 Å². The molecule has 0 spiro atoms. The van der Waals surface area contributed by atoms with Gasteiger partial charge in [-0.25, -0.2) is 12.8 Å². The molecule has 114 valence electrons. The molecule has 1 saturated heterocycles. The van der Waals surface area contributed by atoms with Crippen LogP contribution in [0.15, 0.2) is 23.1 Å². The van der Waals surface area contributed by atoms with Gasteiger partial charge in [-0.2, -0.15) is 9.57 Å². The summed E-state index contributed by atoms with van der Waals surface area (Å²) in [5.74, 6) is -0.646. The predicted octanol–water partition coefficient (Wildman–Crippen LogP) is 0.280. The summed E-state index contributed by atoms with van der Waals surface area (Å²) < 4.78 is 39.4. The number of piperazine rings is 1. The number of hydrogen-bond donors (Lipinski definition) is 1. The van der Waals surface area contributed by atoms with Crippen LogP contribution in [0.3, 0.4) is 0 Å². The van der Waals surface area contributed by atoms with Crippen LogP contribution < -0.4 is 4.90 Å². The molecule has 1 aromatic rings. The smallest absolute Gasteiger partial charge is 0.243 e. The van der Waals surface area contributed by atoms with Crippen molar-refractivity contribution in [3.8, 4) is 6.07 Å². The first-order valence-electron chi connectivity index (χ1n) is 6.55. The minimum atomic E-state index is -3.67. The first-order chi connectivity index (χ1) is 9.86. The fraction of sp³-hybridized carbons (Fsp3) is 0.462. The van der Waals surface area contributed by atoms with Gasteiger partial charge in [0.15, 0.2) is 6.04 Å². The monoisotopic (exact) mass is 332 g/mol. The number of nitrogens with zero attached hydrogens (tertiary/aromatic N) is 2. The van der Waals surface area contributed by atoms with E-state index in [0.717, 1.165) is 17.0 Å². The van der Waals surface area contributed by atoms with Crippen molar-refractivity contribution in [3.05, 3.63) is 29.0 Å². The summed E-state index contributed by atoms with van der Waals surface area (Å²) in [4.78, 5) is 1.06. The standard InChI is InChI=1S/C13H15ClFN3O2S/c1-10(9-16)17-4-6-18(7-5-17)21(19,20)11-2-3-13(15)12(14)8-11/h2-3,8,10H,4-7H2,1H3/p+1/t10-/m0/s1.